The molecule has 1 aliphatic rings. The van der Waals surface area contributed by atoms with Gasteiger partial charge in [-0.3, -0.25) is 4.79 Å². The summed E-state index contributed by atoms with van der Waals surface area (Å²) in [6, 6.07) is 12.6. The smallest absolute Gasteiger partial charge is 0.290 e. The van der Waals surface area contributed by atoms with Gasteiger partial charge in [-0.1, -0.05) is 43.2 Å². The highest BCUT2D eigenvalue weighted by Crippen LogP contribution is 2.26. The minimum Gasteiger partial charge on any atom is -0.459 e. The zero-order valence-electron chi connectivity index (χ0n) is 13.1. The van der Waals surface area contributed by atoms with Crippen molar-refractivity contribution in [3.8, 4) is 0 Å². The predicted octanol–water partition coefficient (Wildman–Crippen LogP) is 4.22. The third-order valence-corrected chi connectivity index (χ3v) is 4.57. The maximum absolute atomic E-state index is 12.9. The largest absolute Gasteiger partial charge is 0.459 e. The van der Waals surface area contributed by atoms with Gasteiger partial charge in [0.1, 0.15) is 0 Å². The van der Waals surface area contributed by atoms with Crippen LogP contribution < -0.4 is 0 Å². The number of carbonyl (C=O) groups is 1. The summed E-state index contributed by atoms with van der Waals surface area (Å²) in [6.07, 6.45) is 7.16. The Balaban J connectivity index is 1.75. The molecule has 1 saturated carbocycles. The Labute approximate surface area is 131 Å². The number of rotatable bonds is 5. The van der Waals surface area contributed by atoms with E-state index in [1.54, 1.807) is 6.26 Å². The highest BCUT2D eigenvalue weighted by Gasteiger charge is 2.29. The maximum Gasteiger partial charge on any atom is 0.290 e. The molecule has 0 unspecified atom stereocenters. The van der Waals surface area contributed by atoms with Gasteiger partial charge in [0.25, 0.3) is 5.91 Å². The van der Waals surface area contributed by atoms with E-state index in [1.807, 2.05) is 36.1 Å². The first kappa shape index (κ1) is 14.9. The molecule has 116 valence electrons. The first-order valence-corrected chi connectivity index (χ1v) is 8.14. The van der Waals surface area contributed by atoms with Gasteiger partial charge >= 0.3 is 0 Å². The van der Waals surface area contributed by atoms with Crippen molar-refractivity contribution in [3.05, 3.63) is 59.5 Å². The topological polar surface area (TPSA) is 33.5 Å². The van der Waals surface area contributed by atoms with Gasteiger partial charge in [-0.25, -0.2) is 0 Å². The van der Waals surface area contributed by atoms with Crippen LogP contribution in [-0.2, 0) is 6.42 Å². The first-order valence-electron chi connectivity index (χ1n) is 8.14. The van der Waals surface area contributed by atoms with Gasteiger partial charge in [-0.15, -0.1) is 0 Å². The number of aryl methyl sites for hydroxylation is 1. The van der Waals surface area contributed by atoms with E-state index < -0.39 is 0 Å². The second-order valence-electron chi connectivity index (χ2n) is 6.11. The van der Waals surface area contributed by atoms with Crippen LogP contribution in [0.15, 0.2) is 47.1 Å². The van der Waals surface area contributed by atoms with Crippen LogP contribution in [0.5, 0.6) is 0 Å². The Bertz CT molecular complexity index is 611. The van der Waals surface area contributed by atoms with Crippen molar-refractivity contribution >= 4 is 5.91 Å². The lowest BCUT2D eigenvalue weighted by molar-refractivity contribution is 0.0650. The van der Waals surface area contributed by atoms with Crippen molar-refractivity contribution in [2.24, 2.45) is 0 Å². The van der Waals surface area contributed by atoms with Crippen LogP contribution >= 0.6 is 0 Å². The third kappa shape index (κ3) is 3.24. The van der Waals surface area contributed by atoms with Gasteiger partial charge in [-0.2, -0.15) is 0 Å². The Morgan fingerprint density at radius 1 is 1.18 bits per heavy atom. The summed E-state index contributed by atoms with van der Waals surface area (Å²) in [5, 5.41) is 0. The van der Waals surface area contributed by atoms with Crippen LogP contribution in [-0.4, -0.2) is 23.4 Å². The standard InChI is InChI=1S/C19H23NO2/c1-15-12-14-22-18(15)19(21)20(17-9-5-6-10-17)13-11-16-7-3-2-4-8-16/h2-4,7-8,12,14,17H,5-6,9-11,13H2,1H3. The third-order valence-electron chi connectivity index (χ3n) is 4.57. The minimum absolute atomic E-state index is 0.0466. The van der Waals surface area contributed by atoms with E-state index >= 15 is 0 Å². The number of benzene rings is 1. The van der Waals surface area contributed by atoms with Crippen LogP contribution in [0, 0.1) is 6.92 Å². The molecule has 1 aromatic carbocycles. The van der Waals surface area contributed by atoms with Crippen molar-refractivity contribution in [2.75, 3.05) is 6.54 Å². The molecule has 0 spiro atoms. The van der Waals surface area contributed by atoms with Crippen molar-refractivity contribution in [1.82, 2.24) is 4.90 Å². The molecule has 22 heavy (non-hydrogen) atoms. The molecule has 1 aliphatic carbocycles. The molecular formula is C19H23NO2. The van der Waals surface area contributed by atoms with E-state index in [9.17, 15) is 4.79 Å². The second-order valence-corrected chi connectivity index (χ2v) is 6.11. The predicted molar refractivity (Wildman–Crippen MR) is 86.9 cm³/mol. The number of hydrogen-bond donors (Lipinski definition) is 0. The van der Waals surface area contributed by atoms with Gasteiger partial charge in [0.05, 0.1) is 6.26 Å². The summed E-state index contributed by atoms with van der Waals surface area (Å²) >= 11 is 0. The summed E-state index contributed by atoms with van der Waals surface area (Å²) in [6.45, 7) is 2.69. The van der Waals surface area contributed by atoms with Gasteiger partial charge in [0, 0.05) is 18.2 Å². The normalized spacial score (nSPS) is 15.1. The zero-order chi connectivity index (χ0) is 15.4. The SMILES string of the molecule is Cc1ccoc1C(=O)N(CCc1ccccc1)C1CCCC1. The number of hydrogen-bond acceptors (Lipinski definition) is 2. The number of amides is 1. The summed E-state index contributed by atoms with van der Waals surface area (Å²) in [4.78, 5) is 14.9. The molecule has 0 bridgehead atoms. The Morgan fingerprint density at radius 2 is 1.91 bits per heavy atom. The molecule has 1 aromatic heterocycles. The fourth-order valence-corrected chi connectivity index (χ4v) is 3.28. The van der Waals surface area contributed by atoms with E-state index in [1.165, 1.54) is 18.4 Å². The average Bonchev–Trinajstić information content (AvgIpc) is 3.20. The fourth-order valence-electron chi connectivity index (χ4n) is 3.28. The number of nitrogens with zero attached hydrogens (tertiary/aromatic N) is 1. The van der Waals surface area contributed by atoms with Gasteiger partial charge in [-0.05, 0) is 37.8 Å². The maximum atomic E-state index is 12.9. The molecule has 0 atom stereocenters. The Kier molecular flexibility index (Phi) is 4.62. The molecule has 0 saturated heterocycles. The van der Waals surface area contributed by atoms with Crippen molar-refractivity contribution in [2.45, 2.75) is 45.1 Å². The Hall–Kier alpha value is -2.03. The average molecular weight is 297 g/mol. The molecule has 1 amide bonds. The Morgan fingerprint density at radius 3 is 2.55 bits per heavy atom. The van der Waals surface area contributed by atoms with E-state index in [-0.39, 0.29) is 5.91 Å². The van der Waals surface area contributed by atoms with Gasteiger partial charge < -0.3 is 9.32 Å². The van der Waals surface area contributed by atoms with Crippen molar-refractivity contribution < 1.29 is 9.21 Å². The van der Waals surface area contributed by atoms with Crippen LogP contribution in [0.4, 0.5) is 0 Å². The van der Waals surface area contributed by atoms with E-state index in [2.05, 4.69) is 12.1 Å². The minimum atomic E-state index is 0.0466. The van der Waals surface area contributed by atoms with E-state index in [0.717, 1.165) is 31.4 Å². The lowest BCUT2D eigenvalue weighted by Gasteiger charge is -2.28. The number of furan rings is 1. The highest BCUT2D eigenvalue weighted by atomic mass is 16.3. The monoisotopic (exact) mass is 297 g/mol. The molecule has 0 radical (unpaired) electrons. The summed E-state index contributed by atoms with van der Waals surface area (Å²) in [5.41, 5.74) is 2.20. The van der Waals surface area contributed by atoms with Crippen molar-refractivity contribution in [1.29, 1.82) is 0 Å². The highest BCUT2D eigenvalue weighted by molar-refractivity contribution is 5.93. The van der Waals surface area contributed by atoms with E-state index in [0.29, 0.717) is 11.8 Å². The van der Waals surface area contributed by atoms with Gasteiger partial charge in [0.2, 0.25) is 0 Å². The van der Waals surface area contributed by atoms with Crippen LogP contribution in [0.3, 0.4) is 0 Å². The summed E-state index contributed by atoms with van der Waals surface area (Å²) < 4.78 is 5.43. The van der Waals surface area contributed by atoms with Crippen LogP contribution in [0.2, 0.25) is 0 Å². The summed E-state index contributed by atoms with van der Waals surface area (Å²) in [7, 11) is 0. The number of carbonyl (C=O) groups excluding carboxylic acids is 1. The first-order chi connectivity index (χ1) is 10.8. The van der Waals surface area contributed by atoms with E-state index in [4.69, 9.17) is 4.42 Å². The molecule has 0 aliphatic heterocycles. The molecule has 3 rings (SSSR count). The molecule has 2 aromatic rings. The second kappa shape index (κ2) is 6.82. The van der Waals surface area contributed by atoms with Gasteiger partial charge in [0.15, 0.2) is 5.76 Å². The molecule has 3 nitrogen and oxygen atoms in total. The molecule has 3 heteroatoms. The fraction of sp³-hybridized carbons (Fsp3) is 0.421. The van der Waals surface area contributed by atoms with Crippen molar-refractivity contribution in [3.63, 3.8) is 0 Å². The summed E-state index contributed by atoms with van der Waals surface area (Å²) in [5.74, 6) is 0.547. The lowest BCUT2D eigenvalue weighted by atomic mass is 10.1. The molecule has 1 fully saturated rings. The quantitative estimate of drug-likeness (QED) is 0.828. The molecular weight excluding hydrogens is 274 g/mol. The van der Waals surface area contributed by atoms with Crippen LogP contribution in [0.25, 0.3) is 0 Å². The zero-order valence-corrected chi connectivity index (χ0v) is 13.1. The molecule has 0 N–H and O–H groups in total. The van der Waals surface area contributed by atoms with Crippen LogP contribution in [0.1, 0.15) is 47.4 Å². The molecule has 1 heterocycles. The lowest BCUT2D eigenvalue weighted by Crippen LogP contribution is -2.40.